The normalized spacial score (nSPS) is 20.3. The second-order valence-electron chi connectivity index (χ2n) is 4.62. The molecular formula is C12H16N4O. The Morgan fingerprint density at radius 3 is 3.18 bits per heavy atom. The van der Waals surface area contributed by atoms with Gasteiger partial charge in [0.1, 0.15) is 0 Å². The Bertz CT molecular complexity index is 536. The molecule has 1 atom stereocenters. The third kappa shape index (κ3) is 1.82. The van der Waals surface area contributed by atoms with Crippen molar-refractivity contribution in [3.8, 4) is 0 Å². The van der Waals surface area contributed by atoms with E-state index in [1.54, 1.807) is 0 Å². The molecule has 1 saturated heterocycles. The van der Waals surface area contributed by atoms with Gasteiger partial charge in [0.05, 0.1) is 11.0 Å². The highest BCUT2D eigenvalue weighted by Gasteiger charge is 2.23. The molecule has 2 aromatic rings. The van der Waals surface area contributed by atoms with Crippen LogP contribution in [0.4, 0.5) is 11.6 Å². The van der Waals surface area contributed by atoms with Gasteiger partial charge in [-0.25, -0.2) is 4.98 Å². The van der Waals surface area contributed by atoms with Crippen LogP contribution < -0.4 is 10.6 Å². The number of H-pyrrole nitrogens is 1. The number of nitrogens with zero attached hydrogens (tertiary/aromatic N) is 2. The zero-order valence-electron chi connectivity index (χ0n) is 9.56. The van der Waals surface area contributed by atoms with Crippen molar-refractivity contribution < 1.29 is 5.11 Å². The smallest absolute Gasteiger partial charge is 0.203 e. The van der Waals surface area contributed by atoms with Crippen molar-refractivity contribution in [1.29, 1.82) is 0 Å². The number of anilines is 2. The van der Waals surface area contributed by atoms with Gasteiger partial charge in [-0.05, 0) is 24.6 Å². The summed E-state index contributed by atoms with van der Waals surface area (Å²) in [6.45, 7) is 2.07. The van der Waals surface area contributed by atoms with Crippen LogP contribution in [-0.4, -0.2) is 34.8 Å². The third-order valence-corrected chi connectivity index (χ3v) is 3.34. The van der Waals surface area contributed by atoms with E-state index in [2.05, 4.69) is 14.9 Å². The van der Waals surface area contributed by atoms with Crippen LogP contribution in [0.3, 0.4) is 0 Å². The van der Waals surface area contributed by atoms with E-state index >= 15 is 0 Å². The van der Waals surface area contributed by atoms with E-state index in [-0.39, 0.29) is 6.61 Å². The Labute approximate surface area is 99.3 Å². The molecule has 1 aromatic carbocycles. The first-order valence-corrected chi connectivity index (χ1v) is 5.87. The number of aromatic nitrogens is 2. The number of benzene rings is 1. The van der Waals surface area contributed by atoms with E-state index < -0.39 is 0 Å². The number of nitrogens with one attached hydrogen (secondary N) is 1. The van der Waals surface area contributed by atoms with Gasteiger partial charge in [0.25, 0.3) is 0 Å². The predicted molar refractivity (Wildman–Crippen MR) is 67.9 cm³/mol. The first-order valence-electron chi connectivity index (χ1n) is 5.87. The summed E-state index contributed by atoms with van der Waals surface area (Å²) in [6, 6.07) is 5.67. The molecule has 3 rings (SSSR count). The van der Waals surface area contributed by atoms with Gasteiger partial charge in [-0.3, -0.25) is 0 Å². The zero-order chi connectivity index (χ0) is 11.8. The fourth-order valence-corrected chi connectivity index (χ4v) is 2.34. The standard InChI is InChI=1S/C12H16N4O/c13-9-1-2-10-11(5-9)15-12(14-10)16-4-3-8(6-16)7-17/h1-2,5,8,17H,3-4,6-7,13H2,(H,14,15). The molecule has 0 radical (unpaired) electrons. The molecule has 0 amide bonds. The number of aliphatic hydroxyl groups excluding tert-OH is 1. The molecule has 0 aliphatic carbocycles. The molecule has 2 heterocycles. The molecule has 4 N–H and O–H groups in total. The fraction of sp³-hybridized carbons (Fsp3) is 0.417. The van der Waals surface area contributed by atoms with E-state index in [1.165, 1.54) is 0 Å². The summed E-state index contributed by atoms with van der Waals surface area (Å²) in [5.41, 5.74) is 8.37. The van der Waals surface area contributed by atoms with Crippen LogP contribution in [0.25, 0.3) is 11.0 Å². The fourth-order valence-electron chi connectivity index (χ4n) is 2.34. The van der Waals surface area contributed by atoms with E-state index in [0.717, 1.165) is 42.2 Å². The maximum absolute atomic E-state index is 9.13. The van der Waals surface area contributed by atoms with Crippen LogP contribution in [0.2, 0.25) is 0 Å². The van der Waals surface area contributed by atoms with Gasteiger partial charge in [-0.1, -0.05) is 0 Å². The van der Waals surface area contributed by atoms with Gasteiger partial charge in [0.15, 0.2) is 0 Å². The quantitative estimate of drug-likeness (QED) is 0.674. The molecule has 5 heteroatoms. The van der Waals surface area contributed by atoms with E-state index in [0.29, 0.717) is 5.92 Å². The number of hydrogen-bond acceptors (Lipinski definition) is 4. The molecule has 5 nitrogen and oxygen atoms in total. The summed E-state index contributed by atoms with van der Waals surface area (Å²) in [7, 11) is 0. The topological polar surface area (TPSA) is 78.2 Å². The monoisotopic (exact) mass is 232 g/mol. The maximum atomic E-state index is 9.13. The maximum Gasteiger partial charge on any atom is 0.203 e. The second kappa shape index (κ2) is 3.92. The van der Waals surface area contributed by atoms with Gasteiger partial charge >= 0.3 is 0 Å². The lowest BCUT2D eigenvalue weighted by Crippen LogP contribution is -2.21. The number of imidazole rings is 1. The van der Waals surface area contributed by atoms with Crippen LogP contribution in [0, 0.1) is 5.92 Å². The number of rotatable bonds is 2. The number of aromatic amines is 1. The second-order valence-corrected chi connectivity index (χ2v) is 4.62. The van der Waals surface area contributed by atoms with Crippen LogP contribution in [0.1, 0.15) is 6.42 Å². The molecular weight excluding hydrogens is 216 g/mol. The molecule has 1 aliphatic heterocycles. The minimum atomic E-state index is 0.254. The first kappa shape index (κ1) is 10.4. The highest BCUT2D eigenvalue weighted by molar-refractivity contribution is 5.80. The number of aliphatic hydroxyl groups is 1. The van der Waals surface area contributed by atoms with Crippen molar-refractivity contribution in [3.05, 3.63) is 18.2 Å². The lowest BCUT2D eigenvalue weighted by Gasteiger charge is -2.13. The summed E-state index contributed by atoms with van der Waals surface area (Å²) < 4.78 is 0. The van der Waals surface area contributed by atoms with Crippen molar-refractivity contribution in [2.45, 2.75) is 6.42 Å². The van der Waals surface area contributed by atoms with Gasteiger partial charge in [-0.15, -0.1) is 0 Å². The molecule has 1 aliphatic rings. The van der Waals surface area contributed by atoms with Crippen molar-refractivity contribution in [1.82, 2.24) is 9.97 Å². The molecule has 1 aromatic heterocycles. The summed E-state index contributed by atoms with van der Waals surface area (Å²) >= 11 is 0. The summed E-state index contributed by atoms with van der Waals surface area (Å²) in [6.07, 6.45) is 1.02. The van der Waals surface area contributed by atoms with E-state index in [9.17, 15) is 0 Å². The lowest BCUT2D eigenvalue weighted by molar-refractivity contribution is 0.238. The Balaban J connectivity index is 1.91. The number of nitrogen functional groups attached to an aromatic ring is 1. The zero-order valence-corrected chi connectivity index (χ0v) is 9.56. The first-order chi connectivity index (χ1) is 8.26. The van der Waals surface area contributed by atoms with Crippen LogP contribution in [0.15, 0.2) is 18.2 Å². The SMILES string of the molecule is Nc1ccc2nc(N3CCC(CO)C3)[nH]c2c1. The Kier molecular flexibility index (Phi) is 2.40. The number of hydrogen-bond donors (Lipinski definition) is 3. The van der Waals surface area contributed by atoms with Crippen molar-refractivity contribution in [2.24, 2.45) is 5.92 Å². The van der Waals surface area contributed by atoms with Gasteiger partial charge in [0, 0.05) is 31.3 Å². The Hall–Kier alpha value is -1.75. The van der Waals surface area contributed by atoms with Crippen LogP contribution >= 0.6 is 0 Å². The average Bonchev–Trinajstić information content (AvgIpc) is 2.93. The summed E-state index contributed by atoms with van der Waals surface area (Å²) in [5.74, 6) is 1.25. The molecule has 1 fully saturated rings. The van der Waals surface area contributed by atoms with Crippen molar-refractivity contribution >= 4 is 22.7 Å². The highest BCUT2D eigenvalue weighted by Crippen LogP contribution is 2.24. The van der Waals surface area contributed by atoms with Gasteiger partial charge < -0.3 is 20.7 Å². The Morgan fingerprint density at radius 2 is 2.41 bits per heavy atom. The largest absolute Gasteiger partial charge is 0.399 e. The van der Waals surface area contributed by atoms with Crippen LogP contribution in [-0.2, 0) is 0 Å². The van der Waals surface area contributed by atoms with E-state index in [4.69, 9.17) is 10.8 Å². The minimum absolute atomic E-state index is 0.254. The molecule has 0 spiro atoms. The van der Waals surface area contributed by atoms with Gasteiger partial charge in [0.2, 0.25) is 5.95 Å². The Morgan fingerprint density at radius 1 is 1.53 bits per heavy atom. The van der Waals surface area contributed by atoms with Crippen LogP contribution in [0.5, 0.6) is 0 Å². The van der Waals surface area contributed by atoms with Gasteiger partial charge in [-0.2, -0.15) is 0 Å². The molecule has 1 unspecified atom stereocenters. The van der Waals surface area contributed by atoms with Crippen molar-refractivity contribution in [2.75, 3.05) is 30.3 Å². The lowest BCUT2D eigenvalue weighted by atomic mass is 10.1. The molecule has 17 heavy (non-hydrogen) atoms. The third-order valence-electron chi connectivity index (χ3n) is 3.34. The summed E-state index contributed by atoms with van der Waals surface area (Å²) in [4.78, 5) is 9.99. The summed E-state index contributed by atoms with van der Waals surface area (Å²) in [5, 5.41) is 9.13. The molecule has 0 bridgehead atoms. The average molecular weight is 232 g/mol. The van der Waals surface area contributed by atoms with Crippen molar-refractivity contribution in [3.63, 3.8) is 0 Å². The number of nitrogens with two attached hydrogens (primary N) is 1. The minimum Gasteiger partial charge on any atom is -0.399 e. The van der Waals surface area contributed by atoms with E-state index in [1.807, 2.05) is 18.2 Å². The predicted octanol–water partition coefficient (Wildman–Crippen LogP) is 0.964. The molecule has 0 saturated carbocycles. The highest BCUT2D eigenvalue weighted by atomic mass is 16.3. The molecule has 90 valence electrons. The number of fused-ring (bicyclic) bond motifs is 1.